The lowest BCUT2D eigenvalue weighted by molar-refractivity contribution is -0.126. The molecular formula is C21H24N2O2. The highest BCUT2D eigenvalue weighted by atomic mass is 16.5. The Balaban J connectivity index is 1.58. The van der Waals surface area contributed by atoms with E-state index in [0.29, 0.717) is 0 Å². The molecule has 1 amide bonds. The van der Waals surface area contributed by atoms with E-state index in [4.69, 9.17) is 4.74 Å². The van der Waals surface area contributed by atoms with Crippen LogP contribution in [-0.4, -0.2) is 44.1 Å². The summed E-state index contributed by atoms with van der Waals surface area (Å²) in [7, 11) is 1.69. The van der Waals surface area contributed by atoms with Crippen LogP contribution in [0, 0.1) is 6.92 Å². The second-order valence-electron chi connectivity index (χ2n) is 6.23. The zero-order chi connectivity index (χ0) is 17.6. The van der Waals surface area contributed by atoms with Crippen LogP contribution in [0.2, 0.25) is 0 Å². The molecule has 1 fully saturated rings. The first-order valence-electron chi connectivity index (χ1n) is 8.59. The minimum absolute atomic E-state index is 0.0697. The molecule has 0 aliphatic carbocycles. The first-order chi connectivity index (χ1) is 12.2. The van der Waals surface area contributed by atoms with Gasteiger partial charge in [0.15, 0.2) is 0 Å². The summed E-state index contributed by atoms with van der Waals surface area (Å²) in [6.45, 7) is 5.11. The largest absolute Gasteiger partial charge is 0.495 e. The summed E-state index contributed by atoms with van der Waals surface area (Å²) >= 11 is 0. The number of amides is 1. The van der Waals surface area contributed by atoms with Gasteiger partial charge in [0.1, 0.15) is 5.75 Å². The Bertz CT molecular complexity index is 745. The average Bonchev–Trinajstić information content (AvgIpc) is 2.67. The summed E-state index contributed by atoms with van der Waals surface area (Å²) in [5, 5.41) is 0. The monoisotopic (exact) mass is 336 g/mol. The predicted octanol–water partition coefficient (Wildman–Crippen LogP) is 3.37. The van der Waals surface area contributed by atoms with E-state index in [9.17, 15) is 4.79 Å². The molecule has 130 valence electrons. The molecule has 1 saturated heterocycles. The zero-order valence-corrected chi connectivity index (χ0v) is 14.8. The number of methoxy groups -OCH3 is 1. The van der Waals surface area contributed by atoms with Crippen LogP contribution in [0.25, 0.3) is 6.08 Å². The molecular weight excluding hydrogens is 312 g/mol. The number of benzene rings is 2. The van der Waals surface area contributed by atoms with Gasteiger partial charge < -0.3 is 14.5 Å². The van der Waals surface area contributed by atoms with Gasteiger partial charge in [-0.15, -0.1) is 0 Å². The number of hydrogen-bond acceptors (Lipinski definition) is 3. The molecule has 2 aromatic carbocycles. The Morgan fingerprint density at radius 2 is 1.68 bits per heavy atom. The molecule has 4 nitrogen and oxygen atoms in total. The van der Waals surface area contributed by atoms with Crippen molar-refractivity contribution in [3.63, 3.8) is 0 Å². The van der Waals surface area contributed by atoms with Crippen molar-refractivity contribution in [3.05, 3.63) is 65.7 Å². The molecule has 1 heterocycles. The highest BCUT2D eigenvalue weighted by Crippen LogP contribution is 2.28. The first kappa shape index (κ1) is 17.1. The Labute approximate surface area is 149 Å². The highest BCUT2D eigenvalue weighted by molar-refractivity contribution is 5.92. The molecule has 0 spiro atoms. The van der Waals surface area contributed by atoms with Gasteiger partial charge in [-0.25, -0.2) is 0 Å². The van der Waals surface area contributed by atoms with E-state index in [1.165, 1.54) is 5.56 Å². The predicted molar refractivity (Wildman–Crippen MR) is 102 cm³/mol. The molecule has 2 aromatic rings. The lowest BCUT2D eigenvalue weighted by Gasteiger charge is -2.36. The van der Waals surface area contributed by atoms with Crippen LogP contribution in [0.5, 0.6) is 5.75 Å². The maximum Gasteiger partial charge on any atom is 0.246 e. The van der Waals surface area contributed by atoms with Gasteiger partial charge in [-0.1, -0.05) is 42.0 Å². The standard InChI is InChI=1S/C21H24N2O2/c1-17-7-9-18(10-8-17)11-12-21(24)23-15-13-22(14-16-23)19-5-3-4-6-20(19)25-2/h3-12H,13-16H2,1-2H3/b12-11+. The number of piperazine rings is 1. The van der Waals surface area contributed by atoms with Gasteiger partial charge in [0.05, 0.1) is 12.8 Å². The summed E-state index contributed by atoms with van der Waals surface area (Å²) in [6, 6.07) is 16.2. The van der Waals surface area contributed by atoms with Crippen LogP contribution in [0.3, 0.4) is 0 Å². The second-order valence-corrected chi connectivity index (χ2v) is 6.23. The van der Waals surface area contributed by atoms with E-state index in [1.807, 2.05) is 41.3 Å². The second kappa shape index (κ2) is 7.88. The summed E-state index contributed by atoms with van der Waals surface area (Å²) in [4.78, 5) is 16.6. The Morgan fingerprint density at radius 3 is 2.36 bits per heavy atom. The van der Waals surface area contributed by atoms with E-state index < -0.39 is 0 Å². The maximum absolute atomic E-state index is 12.4. The fourth-order valence-electron chi connectivity index (χ4n) is 3.01. The van der Waals surface area contributed by atoms with E-state index in [-0.39, 0.29) is 5.91 Å². The number of rotatable bonds is 4. The fourth-order valence-corrected chi connectivity index (χ4v) is 3.01. The molecule has 0 radical (unpaired) electrons. The minimum atomic E-state index is 0.0697. The van der Waals surface area contributed by atoms with Crippen molar-refractivity contribution >= 4 is 17.7 Å². The number of ether oxygens (including phenoxy) is 1. The smallest absolute Gasteiger partial charge is 0.246 e. The topological polar surface area (TPSA) is 32.8 Å². The first-order valence-corrected chi connectivity index (χ1v) is 8.59. The summed E-state index contributed by atoms with van der Waals surface area (Å²) in [6.07, 6.45) is 3.55. The van der Waals surface area contributed by atoms with Crippen LogP contribution in [0.1, 0.15) is 11.1 Å². The zero-order valence-electron chi connectivity index (χ0n) is 14.8. The maximum atomic E-state index is 12.4. The number of anilines is 1. The molecule has 0 N–H and O–H groups in total. The number of nitrogens with zero attached hydrogens (tertiary/aromatic N) is 2. The lowest BCUT2D eigenvalue weighted by Crippen LogP contribution is -2.48. The van der Waals surface area contributed by atoms with Gasteiger partial charge in [0, 0.05) is 32.3 Å². The molecule has 1 aliphatic heterocycles. The van der Waals surface area contributed by atoms with Crippen LogP contribution in [-0.2, 0) is 4.79 Å². The summed E-state index contributed by atoms with van der Waals surface area (Å²) in [5.41, 5.74) is 3.36. The van der Waals surface area contributed by atoms with Gasteiger partial charge in [0.25, 0.3) is 0 Å². The molecule has 4 heteroatoms. The van der Waals surface area contributed by atoms with E-state index in [1.54, 1.807) is 13.2 Å². The van der Waals surface area contributed by atoms with Crippen LogP contribution in [0.4, 0.5) is 5.69 Å². The lowest BCUT2D eigenvalue weighted by atomic mass is 10.1. The van der Waals surface area contributed by atoms with E-state index in [0.717, 1.165) is 43.2 Å². The van der Waals surface area contributed by atoms with Crippen molar-refractivity contribution < 1.29 is 9.53 Å². The van der Waals surface area contributed by atoms with E-state index >= 15 is 0 Å². The van der Waals surface area contributed by atoms with Crippen LogP contribution in [0.15, 0.2) is 54.6 Å². The average molecular weight is 336 g/mol. The molecule has 0 atom stereocenters. The molecule has 3 rings (SSSR count). The van der Waals surface area contributed by atoms with E-state index in [2.05, 4.69) is 30.0 Å². The van der Waals surface area contributed by atoms with Gasteiger partial charge >= 0.3 is 0 Å². The third kappa shape index (κ3) is 4.21. The molecule has 0 bridgehead atoms. The fraction of sp³-hybridized carbons (Fsp3) is 0.286. The third-order valence-corrected chi connectivity index (χ3v) is 4.51. The Kier molecular flexibility index (Phi) is 5.39. The van der Waals surface area contributed by atoms with Crippen molar-refractivity contribution in [2.75, 3.05) is 38.2 Å². The molecule has 0 unspecified atom stereocenters. The highest BCUT2D eigenvalue weighted by Gasteiger charge is 2.21. The minimum Gasteiger partial charge on any atom is -0.495 e. The molecule has 0 aromatic heterocycles. The number of carbonyl (C=O) groups is 1. The number of aryl methyl sites for hydroxylation is 1. The van der Waals surface area contributed by atoms with Gasteiger partial charge in [-0.2, -0.15) is 0 Å². The molecule has 1 aliphatic rings. The number of hydrogen-bond donors (Lipinski definition) is 0. The van der Waals surface area contributed by atoms with Gasteiger partial charge in [-0.05, 0) is 30.7 Å². The Hall–Kier alpha value is -2.75. The normalized spacial score (nSPS) is 14.8. The van der Waals surface area contributed by atoms with Crippen molar-refractivity contribution in [2.24, 2.45) is 0 Å². The molecule has 25 heavy (non-hydrogen) atoms. The molecule has 0 saturated carbocycles. The van der Waals surface area contributed by atoms with Crippen LogP contribution >= 0.6 is 0 Å². The number of para-hydroxylation sites is 2. The van der Waals surface area contributed by atoms with Gasteiger partial charge in [0.2, 0.25) is 5.91 Å². The van der Waals surface area contributed by atoms with Crippen molar-refractivity contribution in [1.82, 2.24) is 4.90 Å². The Morgan fingerprint density at radius 1 is 1.00 bits per heavy atom. The summed E-state index contributed by atoms with van der Waals surface area (Å²) in [5.74, 6) is 0.946. The van der Waals surface area contributed by atoms with Crippen molar-refractivity contribution in [3.8, 4) is 5.75 Å². The van der Waals surface area contributed by atoms with Crippen molar-refractivity contribution in [1.29, 1.82) is 0 Å². The third-order valence-electron chi connectivity index (χ3n) is 4.51. The van der Waals surface area contributed by atoms with Crippen LogP contribution < -0.4 is 9.64 Å². The van der Waals surface area contributed by atoms with Crippen molar-refractivity contribution in [2.45, 2.75) is 6.92 Å². The number of carbonyl (C=O) groups excluding carboxylic acids is 1. The SMILES string of the molecule is COc1ccccc1N1CCN(C(=O)/C=C/c2ccc(C)cc2)CC1. The van der Waals surface area contributed by atoms with Gasteiger partial charge in [-0.3, -0.25) is 4.79 Å². The summed E-state index contributed by atoms with van der Waals surface area (Å²) < 4.78 is 5.44. The quantitative estimate of drug-likeness (QED) is 0.803.